The van der Waals surface area contributed by atoms with Gasteiger partial charge in [-0.1, -0.05) is 60.7 Å². The van der Waals surface area contributed by atoms with Gasteiger partial charge in [-0.15, -0.1) is 11.3 Å². The van der Waals surface area contributed by atoms with Crippen LogP contribution in [0, 0.1) is 23.7 Å². The highest BCUT2D eigenvalue weighted by Gasteiger charge is 2.62. The molecule has 0 atom stereocenters. The normalized spacial score (nSPS) is 30.5. The summed E-state index contributed by atoms with van der Waals surface area (Å²) in [5, 5.41) is 2.79. The quantitative estimate of drug-likeness (QED) is 0.190. The smallest absolute Gasteiger partial charge is 0.399 e. The van der Waals surface area contributed by atoms with Gasteiger partial charge in [0.25, 0.3) is 0 Å². The van der Waals surface area contributed by atoms with Gasteiger partial charge in [0.05, 0.1) is 11.2 Å². The van der Waals surface area contributed by atoms with Crippen LogP contribution in [0.3, 0.4) is 0 Å². The van der Waals surface area contributed by atoms with E-state index in [1.807, 2.05) is 11.3 Å². The predicted octanol–water partition coefficient (Wildman–Crippen LogP) is 9.74. The molecule has 2 heterocycles. The Morgan fingerprint density at radius 2 is 1.27 bits per heavy atom. The van der Waals surface area contributed by atoms with Crippen LogP contribution in [0.25, 0.3) is 42.4 Å². The second kappa shape index (κ2) is 8.66. The topological polar surface area (TPSA) is 18.5 Å². The first-order chi connectivity index (χ1) is 21.2. The van der Waals surface area contributed by atoms with E-state index < -0.39 is 0 Å². The lowest BCUT2D eigenvalue weighted by Gasteiger charge is -2.61. The zero-order chi connectivity index (χ0) is 29.6. The van der Waals surface area contributed by atoms with Gasteiger partial charge in [0.2, 0.25) is 0 Å². The van der Waals surface area contributed by atoms with Crippen LogP contribution in [0.15, 0.2) is 78.9 Å². The highest BCUT2D eigenvalue weighted by Crippen LogP contribution is 2.69. The van der Waals surface area contributed by atoms with Gasteiger partial charge in [0.15, 0.2) is 0 Å². The van der Waals surface area contributed by atoms with E-state index in [2.05, 4.69) is 107 Å². The summed E-state index contributed by atoms with van der Waals surface area (Å²) in [4.78, 5) is 0. The van der Waals surface area contributed by atoms with E-state index in [4.69, 9.17) is 9.31 Å². The van der Waals surface area contributed by atoms with Crippen LogP contribution < -0.4 is 5.46 Å². The highest BCUT2D eigenvalue weighted by atomic mass is 32.1. The Bertz CT molecular complexity index is 1970. The van der Waals surface area contributed by atoms with Crippen LogP contribution in [0.5, 0.6) is 0 Å². The van der Waals surface area contributed by atoms with E-state index in [0.29, 0.717) is 11.8 Å². The fraction of sp³-hybridized carbons (Fsp3) is 0.400. The Morgan fingerprint density at radius 3 is 2.00 bits per heavy atom. The van der Waals surface area contributed by atoms with E-state index in [9.17, 15) is 0 Å². The SMILES string of the molecule is CC1(C)OB(c2ccc3c(c2)C2(c4cc(-c5cccc6sc7ccccc7c56)ccc4-3)C3CC4CC(C3)CC2C4)OC1(C)C. The molecule has 1 aliphatic heterocycles. The Balaban J connectivity index is 1.18. The molecule has 0 radical (unpaired) electrons. The minimum atomic E-state index is -0.346. The van der Waals surface area contributed by atoms with Crippen LogP contribution in [-0.2, 0) is 14.7 Å². The number of rotatable bonds is 2. The van der Waals surface area contributed by atoms with Gasteiger partial charge < -0.3 is 9.31 Å². The van der Waals surface area contributed by atoms with Gasteiger partial charge in [0.1, 0.15) is 0 Å². The van der Waals surface area contributed by atoms with Crippen LogP contribution in [0.4, 0.5) is 0 Å². The van der Waals surface area contributed by atoms with E-state index in [0.717, 1.165) is 11.8 Å². The van der Waals surface area contributed by atoms with Gasteiger partial charge in [0, 0.05) is 25.6 Å². The Labute approximate surface area is 264 Å². The van der Waals surface area contributed by atoms with Crippen LogP contribution in [0.2, 0.25) is 0 Å². The second-order valence-corrected chi connectivity index (χ2v) is 16.7. The minimum Gasteiger partial charge on any atom is -0.399 e. The lowest BCUT2D eigenvalue weighted by molar-refractivity contribution is -0.0399. The maximum absolute atomic E-state index is 6.60. The molecule has 0 amide bonds. The van der Waals surface area contributed by atoms with Crippen molar-refractivity contribution in [3.05, 3.63) is 90.0 Å². The van der Waals surface area contributed by atoms with Crippen molar-refractivity contribution in [2.45, 2.75) is 76.4 Å². The van der Waals surface area contributed by atoms with Crippen molar-refractivity contribution in [2.75, 3.05) is 0 Å². The largest absolute Gasteiger partial charge is 0.494 e. The molecule has 5 aromatic rings. The first kappa shape index (κ1) is 26.3. The molecule has 11 rings (SSSR count). The number of thiophene rings is 1. The summed E-state index contributed by atoms with van der Waals surface area (Å²) in [6.07, 6.45) is 6.97. The summed E-state index contributed by atoms with van der Waals surface area (Å²) in [5.74, 6) is 3.24. The number of fused-ring (bicyclic) bond motifs is 6. The molecule has 5 aliphatic carbocycles. The molecule has 4 bridgehead atoms. The zero-order valence-electron chi connectivity index (χ0n) is 26.2. The minimum absolute atomic E-state index is 0.0817. The Morgan fingerprint density at radius 1 is 0.636 bits per heavy atom. The fourth-order valence-corrected chi connectivity index (χ4v) is 11.7. The third-order valence-corrected chi connectivity index (χ3v) is 14.0. The average Bonchev–Trinajstić information content (AvgIpc) is 3.59. The molecule has 0 N–H and O–H groups in total. The Hall–Kier alpha value is -2.92. The number of hydrogen-bond donors (Lipinski definition) is 0. The van der Waals surface area contributed by atoms with Gasteiger partial charge in [-0.05, 0) is 141 Å². The molecule has 2 nitrogen and oxygen atoms in total. The first-order valence-electron chi connectivity index (χ1n) is 16.8. The summed E-state index contributed by atoms with van der Waals surface area (Å²) in [7, 11) is -0.331. The molecule has 5 fully saturated rings. The molecule has 220 valence electrons. The summed E-state index contributed by atoms with van der Waals surface area (Å²) >= 11 is 1.92. The predicted molar refractivity (Wildman–Crippen MR) is 184 cm³/mol. The molecule has 6 aliphatic rings. The molecule has 1 spiro atoms. The molecule has 4 aromatic carbocycles. The van der Waals surface area contributed by atoms with Crippen molar-refractivity contribution < 1.29 is 9.31 Å². The lowest BCUT2D eigenvalue weighted by atomic mass is 9.43. The third-order valence-electron chi connectivity index (χ3n) is 12.9. The standard InChI is InChI=1S/C40H39BO2S/c1-38(2)39(3,4)43-41(42-38)28-13-15-31-30-14-12-25(29-9-7-11-36-37(29)32-8-5-6-10-35(32)44-36)21-33(30)40(34(31)22-28)26-17-23-16-24(19-26)20-27(40)18-23/h5-15,21-24,26-27H,16-20H2,1-4H3. The van der Waals surface area contributed by atoms with Crippen LogP contribution in [0.1, 0.15) is 70.9 Å². The monoisotopic (exact) mass is 594 g/mol. The molecule has 4 saturated carbocycles. The average molecular weight is 595 g/mol. The molecule has 1 aromatic heterocycles. The van der Waals surface area contributed by atoms with Crippen molar-refractivity contribution in [2.24, 2.45) is 23.7 Å². The summed E-state index contributed by atoms with van der Waals surface area (Å²) in [6.45, 7) is 8.64. The summed E-state index contributed by atoms with van der Waals surface area (Å²) in [5.41, 5.74) is 9.37. The van der Waals surface area contributed by atoms with Gasteiger partial charge in [-0.25, -0.2) is 0 Å². The second-order valence-electron chi connectivity index (χ2n) is 15.6. The molecule has 44 heavy (non-hydrogen) atoms. The number of hydrogen-bond acceptors (Lipinski definition) is 3. The summed E-state index contributed by atoms with van der Waals surface area (Å²) in [6, 6.07) is 30.5. The third kappa shape index (κ3) is 3.30. The maximum Gasteiger partial charge on any atom is 0.494 e. The molecule has 1 saturated heterocycles. The van der Waals surface area contributed by atoms with E-state index in [1.165, 1.54) is 80.0 Å². The molecular weight excluding hydrogens is 555 g/mol. The van der Waals surface area contributed by atoms with Gasteiger partial charge in [-0.2, -0.15) is 0 Å². The maximum atomic E-state index is 6.60. The van der Waals surface area contributed by atoms with Crippen molar-refractivity contribution in [1.29, 1.82) is 0 Å². The highest BCUT2D eigenvalue weighted by molar-refractivity contribution is 7.25. The van der Waals surface area contributed by atoms with E-state index >= 15 is 0 Å². The first-order valence-corrected chi connectivity index (χ1v) is 17.6. The number of benzene rings is 4. The van der Waals surface area contributed by atoms with Gasteiger partial charge >= 0.3 is 7.12 Å². The van der Waals surface area contributed by atoms with Crippen molar-refractivity contribution in [3.63, 3.8) is 0 Å². The van der Waals surface area contributed by atoms with Crippen LogP contribution in [-0.4, -0.2) is 18.3 Å². The van der Waals surface area contributed by atoms with E-state index in [-0.39, 0.29) is 23.7 Å². The zero-order valence-corrected chi connectivity index (χ0v) is 27.0. The fourth-order valence-electron chi connectivity index (χ4n) is 10.5. The van der Waals surface area contributed by atoms with Crippen molar-refractivity contribution >= 4 is 44.1 Å². The van der Waals surface area contributed by atoms with Crippen molar-refractivity contribution in [1.82, 2.24) is 0 Å². The van der Waals surface area contributed by atoms with E-state index in [1.54, 1.807) is 11.1 Å². The summed E-state index contributed by atoms with van der Waals surface area (Å²) < 4.78 is 16.0. The Kier molecular flexibility index (Phi) is 5.18. The molecule has 4 heteroatoms. The molecular formula is C40H39BO2S. The van der Waals surface area contributed by atoms with Crippen molar-refractivity contribution in [3.8, 4) is 22.3 Å². The molecule has 0 unspecified atom stereocenters. The van der Waals surface area contributed by atoms with Crippen LogP contribution >= 0.6 is 11.3 Å². The van der Waals surface area contributed by atoms with Gasteiger partial charge in [-0.3, -0.25) is 0 Å². The lowest BCUT2D eigenvalue weighted by Crippen LogP contribution is -2.55.